The highest BCUT2D eigenvalue weighted by atomic mass is 19.1. The van der Waals surface area contributed by atoms with Crippen LogP contribution in [0.3, 0.4) is 0 Å². The molecule has 1 aromatic heterocycles. The fraction of sp³-hybridized carbons (Fsp3) is 0.449. The van der Waals surface area contributed by atoms with Gasteiger partial charge in [-0.1, -0.05) is 46.8 Å². The van der Waals surface area contributed by atoms with Gasteiger partial charge in [0.15, 0.2) is 11.2 Å². The Bertz CT molecular complexity index is 2270. The van der Waals surface area contributed by atoms with E-state index in [2.05, 4.69) is 23.7 Å². The zero-order valence-electron chi connectivity index (χ0n) is 38.2. The Balaban J connectivity index is 1.36. The van der Waals surface area contributed by atoms with Crippen LogP contribution in [-0.4, -0.2) is 120 Å². The molecule has 5 rings (SSSR count). The Morgan fingerprint density at radius 1 is 0.905 bits per heavy atom. The van der Waals surface area contributed by atoms with Gasteiger partial charge in [0.2, 0.25) is 0 Å². The number of aromatic nitrogens is 2. The van der Waals surface area contributed by atoms with Crippen molar-refractivity contribution in [2.24, 2.45) is 11.8 Å². The van der Waals surface area contributed by atoms with Crippen molar-refractivity contribution in [3.05, 3.63) is 107 Å². The van der Waals surface area contributed by atoms with Crippen molar-refractivity contribution in [2.75, 3.05) is 61.5 Å². The number of nitrogens with one attached hydrogen (secondary N) is 1. The van der Waals surface area contributed by atoms with E-state index in [0.29, 0.717) is 71.1 Å². The van der Waals surface area contributed by atoms with Gasteiger partial charge >= 0.3 is 5.97 Å². The Morgan fingerprint density at radius 2 is 1.48 bits per heavy atom. The molecule has 2 N–H and O–H groups in total. The number of carboxylic acids is 1. The molecule has 4 aromatic rings. The lowest BCUT2D eigenvalue weighted by molar-refractivity contribution is -0.146. The molecule has 3 amide bonds. The van der Waals surface area contributed by atoms with Crippen molar-refractivity contribution < 1.29 is 38.1 Å². The molecule has 1 saturated carbocycles. The molecule has 1 heterocycles. The van der Waals surface area contributed by atoms with Crippen LogP contribution in [0.2, 0.25) is 0 Å². The second-order valence-electron chi connectivity index (χ2n) is 17.0. The zero-order valence-corrected chi connectivity index (χ0v) is 38.2. The third-order valence-corrected chi connectivity index (χ3v) is 12.3. The second-order valence-corrected chi connectivity index (χ2v) is 17.0. The summed E-state index contributed by atoms with van der Waals surface area (Å²) in [6.45, 7) is 14.7. The van der Waals surface area contributed by atoms with Crippen molar-refractivity contribution in [2.45, 2.75) is 71.3 Å². The second kappa shape index (κ2) is 20.9. The molecule has 3 unspecified atom stereocenters. The van der Waals surface area contributed by atoms with E-state index in [4.69, 9.17) is 14.6 Å². The maximum Gasteiger partial charge on any atom is 0.334 e. The molecule has 1 aliphatic rings. The number of carbonyl (C=O) groups is 4. The summed E-state index contributed by atoms with van der Waals surface area (Å²) in [5.74, 6) is -1.79. The maximum atomic E-state index is 14.3. The van der Waals surface area contributed by atoms with Crippen LogP contribution in [0.1, 0.15) is 102 Å². The number of carboxylic acid groups (broad SMARTS) is 1. The molecule has 338 valence electrons. The Hall–Kier alpha value is -6.02. The summed E-state index contributed by atoms with van der Waals surface area (Å²) in [5, 5.41) is 18.3. The third kappa shape index (κ3) is 10.6. The molecule has 13 nitrogen and oxygen atoms in total. The standard InChI is InChI=1S/C49H63FN6O7/c1-11-34-27-32(4)49(48(60)61,33(5)28-34)51-45(57)39-30-41(44-42(62-9)15-12-16-43(44)63-10)56(52-39)40-22-19-36(29-38(40)31(2)3)47(59)55(8)26-14-24-53(6)23-13-25-54(7)46(58)35-17-20-37(50)21-18-35/h12,15-22,29-31,33-34H,4,11,13-14,23-28H2,1-3,5-10H3,(H,51,57)(H,60,61). The van der Waals surface area contributed by atoms with Crippen LogP contribution >= 0.6 is 0 Å². The SMILES string of the molecule is C=C1CC(CC)CC(C)C1(NC(=O)c1cc(-c2c(OC)cccc2OC)n(-c2ccc(C(=O)N(C)CCCN(C)CCCN(C)C(=O)c3ccc(F)cc3)cc2C(C)C)n1)C(=O)O. The van der Waals surface area contributed by atoms with E-state index in [-0.39, 0.29) is 35.2 Å². The van der Waals surface area contributed by atoms with Crippen LogP contribution in [-0.2, 0) is 4.79 Å². The van der Waals surface area contributed by atoms with Crippen LogP contribution in [0.5, 0.6) is 11.5 Å². The van der Waals surface area contributed by atoms with Gasteiger partial charge in [-0.3, -0.25) is 14.4 Å². The lowest BCUT2D eigenvalue weighted by Crippen LogP contribution is -2.62. The van der Waals surface area contributed by atoms with Gasteiger partial charge in [-0.05, 0) is 135 Å². The average molecular weight is 867 g/mol. The van der Waals surface area contributed by atoms with Gasteiger partial charge in [0.25, 0.3) is 17.7 Å². The lowest BCUT2D eigenvalue weighted by Gasteiger charge is -2.44. The fourth-order valence-electron chi connectivity index (χ4n) is 8.60. The molecule has 14 heteroatoms. The van der Waals surface area contributed by atoms with Crippen molar-refractivity contribution in [1.82, 2.24) is 29.8 Å². The largest absolute Gasteiger partial charge is 0.496 e. The van der Waals surface area contributed by atoms with Gasteiger partial charge in [-0.15, -0.1) is 0 Å². The van der Waals surface area contributed by atoms with Gasteiger partial charge in [-0.2, -0.15) is 5.10 Å². The summed E-state index contributed by atoms with van der Waals surface area (Å²) in [6.07, 6.45) is 3.48. The number of carbonyl (C=O) groups excluding carboxylic acids is 3. The Kier molecular flexibility index (Phi) is 15.9. The number of halogens is 1. The molecule has 1 aliphatic carbocycles. The first-order valence-corrected chi connectivity index (χ1v) is 21.6. The minimum absolute atomic E-state index is 0.0127. The number of hydrogen-bond acceptors (Lipinski definition) is 8. The summed E-state index contributed by atoms with van der Waals surface area (Å²) >= 11 is 0. The monoisotopic (exact) mass is 866 g/mol. The first kappa shape index (κ1) is 48.0. The van der Waals surface area contributed by atoms with Gasteiger partial charge in [0, 0.05) is 38.3 Å². The number of benzene rings is 3. The van der Waals surface area contributed by atoms with E-state index < -0.39 is 23.3 Å². The molecular formula is C49H63FN6O7. The minimum atomic E-state index is -1.67. The van der Waals surface area contributed by atoms with Crippen molar-refractivity contribution in [3.8, 4) is 28.4 Å². The molecule has 1 fully saturated rings. The Labute approximate surface area is 370 Å². The first-order chi connectivity index (χ1) is 30.0. The average Bonchev–Trinajstić information content (AvgIpc) is 3.71. The topological polar surface area (TPSA) is 147 Å². The highest BCUT2D eigenvalue weighted by Crippen LogP contribution is 2.43. The molecule has 0 bridgehead atoms. The number of hydrogen-bond donors (Lipinski definition) is 2. The van der Waals surface area contributed by atoms with E-state index in [1.54, 1.807) is 73.1 Å². The van der Waals surface area contributed by atoms with Crippen LogP contribution in [0, 0.1) is 17.7 Å². The molecule has 0 saturated heterocycles. The number of amides is 3. The first-order valence-electron chi connectivity index (χ1n) is 21.6. The van der Waals surface area contributed by atoms with Gasteiger partial charge < -0.3 is 34.6 Å². The van der Waals surface area contributed by atoms with Crippen LogP contribution < -0.4 is 14.8 Å². The van der Waals surface area contributed by atoms with E-state index in [9.17, 15) is 28.7 Å². The van der Waals surface area contributed by atoms with Gasteiger partial charge in [0.1, 0.15) is 17.3 Å². The number of ether oxygens (including phenoxy) is 2. The van der Waals surface area contributed by atoms with E-state index in [1.807, 2.05) is 40.0 Å². The highest BCUT2D eigenvalue weighted by molar-refractivity contribution is 5.99. The molecule has 0 spiro atoms. The summed E-state index contributed by atoms with van der Waals surface area (Å²) < 4.78 is 26.5. The maximum absolute atomic E-state index is 14.3. The van der Waals surface area contributed by atoms with Crippen LogP contribution in [0.25, 0.3) is 16.9 Å². The van der Waals surface area contributed by atoms with Gasteiger partial charge in [0.05, 0.1) is 31.2 Å². The van der Waals surface area contributed by atoms with Gasteiger partial charge in [-0.25, -0.2) is 13.9 Å². The quantitative estimate of drug-likeness (QED) is 0.0898. The summed E-state index contributed by atoms with van der Waals surface area (Å²) in [6, 6.07) is 17.9. The predicted octanol–water partition coefficient (Wildman–Crippen LogP) is 7.94. The predicted molar refractivity (Wildman–Crippen MR) is 242 cm³/mol. The molecule has 63 heavy (non-hydrogen) atoms. The zero-order chi connectivity index (χ0) is 46.2. The van der Waals surface area contributed by atoms with Crippen LogP contribution in [0.4, 0.5) is 4.39 Å². The number of nitrogens with zero attached hydrogens (tertiary/aromatic N) is 5. The Morgan fingerprint density at radius 3 is 2.00 bits per heavy atom. The molecule has 3 aromatic carbocycles. The molecule has 3 atom stereocenters. The summed E-state index contributed by atoms with van der Waals surface area (Å²) in [5.41, 5.74) is 2.12. The number of rotatable bonds is 19. The summed E-state index contributed by atoms with van der Waals surface area (Å²) in [7, 11) is 8.61. The molecule has 0 aliphatic heterocycles. The summed E-state index contributed by atoms with van der Waals surface area (Å²) in [4.78, 5) is 59.4. The van der Waals surface area contributed by atoms with E-state index in [0.717, 1.165) is 37.9 Å². The van der Waals surface area contributed by atoms with Crippen molar-refractivity contribution >= 4 is 23.7 Å². The van der Waals surface area contributed by atoms with E-state index in [1.165, 1.54) is 24.3 Å². The van der Waals surface area contributed by atoms with Crippen LogP contribution in [0.15, 0.2) is 78.9 Å². The highest BCUT2D eigenvalue weighted by Gasteiger charge is 2.51. The number of aliphatic carboxylic acids is 1. The van der Waals surface area contributed by atoms with Crippen molar-refractivity contribution in [1.29, 1.82) is 0 Å². The third-order valence-electron chi connectivity index (χ3n) is 12.3. The fourth-order valence-corrected chi connectivity index (χ4v) is 8.60. The normalized spacial score (nSPS) is 17.4. The smallest absolute Gasteiger partial charge is 0.334 e. The lowest BCUT2D eigenvalue weighted by atomic mass is 9.66. The minimum Gasteiger partial charge on any atom is -0.496 e. The van der Waals surface area contributed by atoms with Crippen molar-refractivity contribution in [3.63, 3.8) is 0 Å². The molecular weight excluding hydrogens is 804 g/mol. The molecule has 0 radical (unpaired) electrons. The van der Waals surface area contributed by atoms with E-state index >= 15 is 0 Å². The number of methoxy groups -OCH3 is 2.